The van der Waals surface area contributed by atoms with E-state index >= 15 is 0 Å². The minimum absolute atomic E-state index is 0.341. The van der Waals surface area contributed by atoms with Crippen molar-refractivity contribution in [2.75, 3.05) is 68.1 Å². The average Bonchev–Trinajstić information content (AvgIpc) is 3.81. The summed E-state index contributed by atoms with van der Waals surface area (Å²) in [4.78, 5) is 0. The monoisotopic (exact) mass is 522 g/mol. The van der Waals surface area contributed by atoms with Crippen molar-refractivity contribution < 1.29 is 37.3 Å². The maximum absolute atomic E-state index is 5.70. The molecule has 210 valence electrons. The Balaban J connectivity index is 0.000000400. The van der Waals surface area contributed by atoms with Gasteiger partial charge in [-0.1, -0.05) is 45.4 Å². The lowest BCUT2D eigenvalue weighted by Crippen LogP contribution is -2.39. The lowest BCUT2D eigenvalue weighted by Gasteiger charge is -2.35. The van der Waals surface area contributed by atoms with Gasteiger partial charge in [0.25, 0.3) is 0 Å². The van der Waals surface area contributed by atoms with Crippen LogP contribution in [0, 0.1) is 5.92 Å². The SMILES string of the molecule is CCCCCCCCC(CCOCC1CO1)C(C)(OC)OC.CO[Si](C)(CCOCC1CO1)OC. The van der Waals surface area contributed by atoms with Gasteiger partial charge >= 0.3 is 8.56 Å². The van der Waals surface area contributed by atoms with Gasteiger partial charge in [0, 0.05) is 53.6 Å². The van der Waals surface area contributed by atoms with E-state index in [0.29, 0.717) is 31.3 Å². The van der Waals surface area contributed by atoms with Crippen molar-refractivity contribution >= 4 is 8.56 Å². The highest BCUT2D eigenvalue weighted by molar-refractivity contribution is 6.65. The molecule has 0 aliphatic carbocycles. The van der Waals surface area contributed by atoms with Crippen LogP contribution in [0.5, 0.6) is 0 Å². The summed E-state index contributed by atoms with van der Waals surface area (Å²) < 4.78 is 43.2. The molecule has 0 radical (unpaired) electrons. The van der Waals surface area contributed by atoms with E-state index < -0.39 is 14.3 Å². The Morgan fingerprint density at radius 3 is 1.80 bits per heavy atom. The van der Waals surface area contributed by atoms with Gasteiger partial charge in [-0.3, -0.25) is 0 Å². The van der Waals surface area contributed by atoms with Crippen LogP contribution in [0.1, 0.15) is 65.2 Å². The summed E-state index contributed by atoms with van der Waals surface area (Å²) in [5, 5.41) is 0. The fourth-order valence-corrected chi connectivity index (χ4v) is 4.88. The maximum Gasteiger partial charge on any atom is 0.336 e. The van der Waals surface area contributed by atoms with Crippen LogP contribution in [0.15, 0.2) is 0 Å². The van der Waals surface area contributed by atoms with Crippen molar-refractivity contribution in [3.8, 4) is 0 Å². The molecule has 2 heterocycles. The number of epoxide rings is 2. The molecule has 3 atom stereocenters. The van der Waals surface area contributed by atoms with Crippen LogP contribution in [0.2, 0.25) is 12.6 Å². The molecule has 0 aromatic heterocycles. The van der Waals surface area contributed by atoms with Crippen molar-refractivity contribution in [1.82, 2.24) is 0 Å². The normalized spacial score (nSPS) is 20.3. The molecule has 0 spiro atoms. The molecule has 2 saturated heterocycles. The summed E-state index contributed by atoms with van der Waals surface area (Å²) in [5.41, 5.74) is 0. The first-order valence-corrected chi connectivity index (χ1v) is 16.0. The minimum Gasteiger partial charge on any atom is -0.398 e. The standard InChI is InChI=1S/C18H36O4.C8H18O4Si/c1-5-6-7-8-9-10-11-16(18(2,19-3)20-4)12-13-21-14-17-15-22-17;1-9-13(3,10-2)5-4-11-6-8-7-12-8/h16-17H,5-15H2,1-4H3;8H,4-7H2,1-3H3. The van der Waals surface area contributed by atoms with Gasteiger partial charge in [0.05, 0.1) is 26.4 Å². The number of unbranched alkanes of at least 4 members (excludes halogenated alkanes) is 5. The van der Waals surface area contributed by atoms with E-state index in [2.05, 4.69) is 6.92 Å². The first-order valence-electron chi connectivity index (χ1n) is 13.5. The molecule has 0 amide bonds. The summed E-state index contributed by atoms with van der Waals surface area (Å²) in [6.07, 6.45) is 10.7. The molecule has 35 heavy (non-hydrogen) atoms. The van der Waals surface area contributed by atoms with Crippen LogP contribution in [-0.2, 0) is 37.3 Å². The largest absolute Gasteiger partial charge is 0.398 e. The Bertz CT molecular complexity index is 494. The second-order valence-corrected chi connectivity index (χ2v) is 13.4. The number of methoxy groups -OCH3 is 2. The molecule has 0 N–H and O–H groups in total. The van der Waals surface area contributed by atoms with Gasteiger partial charge in [-0.2, -0.15) is 0 Å². The Kier molecular flexibility index (Phi) is 17.9. The Morgan fingerprint density at radius 2 is 1.31 bits per heavy atom. The molecule has 2 fully saturated rings. The molecule has 2 aliphatic rings. The molecule has 3 unspecified atom stereocenters. The van der Waals surface area contributed by atoms with Gasteiger partial charge in [-0.25, -0.2) is 0 Å². The second-order valence-electron chi connectivity index (χ2n) is 9.82. The van der Waals surface area contributed by atoms with Gasteiger partial charge in [0.2, 0.25) is 0 Å². The predicted molar refractivity (Wildman–Crippen MR) is 140 cm³/mol. The molecular formula is C26H54O8Si. The summed E-state index contributed by atoms with van der Waals surface area (Å²) in [5.74, 6) is -0.142. The van der Waals surface area contributed by atoms with Crippen LogP contribution in [-0.4, -0.2) is 94.6 Å². The van der Waals surface area contributed by atoms with E-state index in [4.69, 9.17) is 37.3 Å². The van der Waals surface area contributed by atoms with Crippen LogP contribution < -0.4 is 0 Å². The third-order valence-corrected chi connectivity index (χ3v) is 9.88. The predicted octanol–water partition coefficient (Wildman–Crippen LogP) is 4.93. The maximum atomic E-state index is 5.70. The molecule has 2 aliphatic heterocycles. The van der Waals surface area contributed by atoms with Crippen LogP contribution in [0.3, 0.4) is 0 Å². The van der Waals surface area contributed by atoms with Gasteiger partial charge in [0.15, 0.2) is 5.79 Å². The number of hydrogen-bond donors (Lipinski definition) is 0. The zero-order valence-corrected chi connectivity index (χ0v) is 24.6. The molecule has 2 rings (SSSR count). The third kappa shape index (κ3) is 15.7. The average molecular weight is 523 g/mol. The molecule has 0 aromatic carbocycles. The van der Waals surface area contributed by atoms with Crippen molar-refractivity contribution in [2.24, 2.45) is 5.92 Å². The smallest absolute Gasteiger partial charge is 0.336 e. The van der Waals surface area contributed by atoms with Crippen LogP contribution in [0.4, 0.5) is 0 Å². The molecule has 0 bridgehead atoms. The lowest BCUT2D eigenvalue weighted by molar-refractivity contribution is -0.231. The second kappa shape index (κ2) is 19.0. The van der Waals surface area contributed by atoms with E-state index in [9.17, 15) is 0 Å². The summed E-state index contributed by atoms with van der Waals surface area (Å²) in [7, 11) is 4.94. The fourth-order valence-electron chi connectivity index (χ4n) is 3.79. The van der Waals surface area contributed by atoms with Gasteiger partial charge in [-0.05, 0) is 26.3 Å². The fraction of sp³-hybridized carbons (Fsp3) is 1.00. The highest BCUT2D eigenvalue weighted by atomic mass is 28.4. The van der Waals surface area contributed by atoms with Crippen LogP contribution in [0.25, 0.3) is 0 Å². The number of ether oxygens (including phenoxy) is 6. The molecular weight excluding hydrogens is 468 g/mol. The van der Waals surface area contributed by atoms with Gasteiger partial charge < -0.3 is 37.3 Å². The highest BCUT2D eigenvalue weighted by Gasteiger charge is 2.34. The van der Waals surface area contributed by atoms with E-state index in [-0.39, 0.29) is 0 Å². The van der Waals surface area contributed by atoms with Gasteiger partial charge in [-0.15, -0.1) is 0 Å². The lowest BCUT2D eigenvalue weighted by atomic mass is 9.90. The summed E-state index contributed by atoms with van der Waals surface area (Å²) in [6.45, 7) is 10.9. The topological polar surface area (TPSA) is 80.4 Å². The van der Waals surface area contributed by atoms with E-state index in [1.54, 1.807) is 28.4 Å². The quantitative estimate of drug-likeness (QED) is 0.0857. The first kappa shape index (κ1) is 32.9. The Morgan fingerprint density at radius 1 is 0.800 bits per heavy atom. The highest BCUT2D eigenvalue weighted by Crippen LogP contribution is 2.30. The van der Waals surface area contributed by atoms with E-state index in [1.807, 2.05) is 13.5 Å². The molecule has 0 aromatic rings. The zero-order chi connectivity index (χ0) is 26.0. The van der Waals surface area contributed by atoms with E-state index in [0.717, 1.165) is 45.3 Å². The van der Waals surface area contributed by atoms with E-state index in [1.165, 1.54) is 38.5 Å². The molecule has 0 saturated carbocycles. The molecule has 9 heteroatoms. The molecule has 8 nitrogen and oxygen atoms in total. The summed E-state index contributed by atoms with van der Waals surface area (Å²) >= 11 is 0. The summed E-state index contributed by atoms with van der Waals surface area (Å²) in [6, 6.07) is 0.868. The Hall–Kier alpha value is -0.103. The first-order chi connectivity index (χ1) is 16.9. The minimum atomic E-state index is -1.91. The number of rotatable bonds is 22. The zero-order valence-electron chi connectivity index (χ0n) is 23.6. The van der Waals surface area contributed by atoms with Crippen molar-refractivity contribution in [3.63, 3.8) is 0 Å². The van der Waals surface area contributed by atoms with Crippen molar-refractivity contribution in [2.45, 2.75) is 95.8 Å². The number of hydrogen-bond acceptors (Lipinski definition) is 8. The third-order valence-electron chi connectivity index (χ3n) is 7.05. The Labute approximate surface area is 215 Å². The van der Waals surface area contributed by atoms with Crippen LogP contribution >= 0.6 is 0 Å². The van der Waals surface area contributed by atoms with Crippen molar-refractivity contribution in [1.29, 1.82) is 0 Å². The van der Waals surface area contributed by atoms with Gasteiger partial charge in [0.1, 0.15) is 12.2 Å². The van der Waals surface area contributed by atoms with Crippen molar-refractivity contribution in [3.05, 3.63) is 0 Å².